The molecular formula is C12H23N3O. The van der Waals surface area contributed by atoms with E-state index in [9.17, 15) is 4.79 Å². The van der Waals surface area contributed by atoms with E-state index < -0.39 is 0 Å². The Balaban J connectivity index is 1.89. The lowest BCUT2D eigenvalue weighted by molar-refractivity contribution is -0.137. The Kier molecular flexibility index (Phi) is 3.82. The summed E-state index contributed by atoms with van der Waals surface area (Å²) in [5.41, 5.74) is 11.8. The summed E-state index contributed by atoms with van der Waals surface area (Å²) in [5.74, 6) is 0.454. The largest absolute Gasteiger partial charge is 0.342 e. The summed E-state index contributed by atoms with van der Waals surface area (Å²) in [7, 11) is 0. The predicted octanol–water partition coefficient (Wildman–Crippen LogP) is 0.454. The number of hydrogen-bond acceptors (Lipinski definition) is 3. The second-order valence-electron chi connectivity index (χ2n) is 5.22. The van der Waals surface area contributed by atoms with Gasteiger partial charge in [-0.2, -0.15) is 0 Å². The number of nitrogens with two attached hydrogens (primary N) is 2. The molecule has 2 rings (SSSR count). The van der Waals surface area contributed by atoms with Gasteiger partial charge in [-0.05, 0) is 38.5 Å². The minimum Gasteiger partial charge on any atom is -0.342 e. The number of likely N-dealkylation sites (tertiary alicyclic amines) is 1. The van der Waals surface area contributed by atoms with Gasteiger partial charge in [-0.3, -0.25) is 4.79 Å². The number of nitrogens with zero attached hydrogens (tertiary/aromatic N) is 1. The van der Waals surface area contributed by atoms with Crippen LogP contribution >= 0.6 is 0 Å². The van der Waals surface area contributed by atoms with Crippen molar-refractivity contribution in [1.82, 2.24) is 4.90 Å². The van der Waals surface area contributed by atoms with Gasteiger partial charge in [0.05, 0.1) is 0 Å². The maximum absolute atomic E-state index is 12.2. The van der Waals surface area contributed by atoms with Crippen LogP contribution in [0.15, 0.2) is 0 Å². The summed E-state index contributed by atoms with van der Waals surface area (Å²) in [6.07, 6.45) is 6.17. The quantitative estimate of drug-likeness (QED) is 0.680. The van der Waals surface area contributed by atoms with Gasteiger partial charge in [0.2, 0.25) is 5.91 Å². The van der Waals surface area contributed by atoms with Gasteiger partial charge in [0.15, 0.2) is 0 Å². The van der Waals surface area contributed by atoms with E-state index in [4.69, 9.17) is 11.5 Å². The first-order valence-corrected chi connectivity index (χ1v) is 6.48. The minimum atomic E-state index is 0.00694. The van der Waals surface area contributed by atoms with Gasteiger partial charge in [0, 0.05) is 31.1 Å². The first-order chi connectivity index (χ1) is 7.68. The summed E-state index contributed by atoms with van der Waals surface area (Å²) >= 11 is 0. The molecule has 1 amide bonds. The zero-order valence-electron chi connectivity index (χ0n) is 9.90. The van der Waals surface area contributed by atoms with Gasteiger partial charge in [0.25, 0.3) is 0 Å². The van der Waals surface area contributed by atoms with Crippen molar-refractivity contribution in [3.8, 4) is 0 Å². The summed E-state index contributed by atoms with van der Waals surface area (Å²) in [6, 6.07) is 0.0953. The van der Waals surface area contributed by atoms with Crippen LogP contribution in [0.3, 0.4) is 0 Å². The fourth-order valence-electron chi connectivity index (χ4n) is 2.83. The molecule has 1 aliphatic heterocycles. The third-order valence-electron chi connectivity index (χ3n) is 3.97. The molecule has 1 saturated carbocycles. The summed E-state index contributed by atoms with van der Waals surface area (Å²) in [5, 5.41) is 0. The van der Waals surface area contributed by atoms with Crippen LogP contribution in [0.5, 0.6) is 0 Å². The molecule has 0 spiro atoms. The molecule has 0 aromatic heterocycles. The van der Waals surface area contributed by atoms with Crippen LogP contribution < -0.4 is 11.5 Å². The van der Waals surface area contributed by atoms with E-state index in [1.807, 2.05) is 4.90 Å². The van der Waals surface area contributed by atoms with Gasteiger partial charge in [-0.25, -0.2) is 0 Å². The molecule has 0 bridgehead atoms. The summed E-state index contributed by atoms with van der Waals surface area (Å²) in [6.45, 7) is 1.88. The molecule has 1 saturated heterocycles. The van der Waals surface area contributed by atoms with E-state index in [0.717, 1.165) is 45.2 Å². The van der Waals surface area contributed by atoms with E-state index >= 15 is 0 Å². The van der Waals surface area contributed by atoms with Crippen molar-refractivity contribution in [2.75, 3.05) is 13.1 Å². The highest BCUT2D eigenvalue weighted by Gasteiger charge is 2.32. The molecule has 0 aromatic rings. The Morgan fingerprint density at radius 1 is 1.00 bits per heavy atom. The number of piperidine rings is 1. The van der Waals surface area contributed by atoms with Crippen LogP contribution in [-0.2, 0) is 4.79 Å². The van der Waals surface area contributed by atoms with Gasteiger partial charge in [-0.1, -0.05) is 0 Å². The number of carbonyl (C=O) groups is 1. The smallest absolute Gasteiger partial charge is 0.225 e. The number of hydrogen-bond donors (Lipinski definition) is 2. The molecule has 4 nitrogen and oxygen atoms in total. The van der Waals surface area contributed by atoms with Crippen LogP contribution in [0.2, 0.25) is 0 Å². The molecular weight excluding hydrogens is 202 g/mol. The zero-order chi connectivity index (χ0) is 11.5. The van der Waals surface area contributed by atoms with Crippen molar-refractivity contribution in [1.29, 1.82) is 0 Å². The molecule has 1 aliphatic carbocycles. The topological polar surface area (TPSA) is 72.4 Å². The molecule has 4 N–H and O–H groups in total. The SMILES string of the molecule is N[C@@H]1CC(C(=O)N2CCCCC2)CC[C@@H]1N. The highest BCUT2D eigenvalue weighted by atomic mass is 16.2. The van der Waals surface area contributed by atoms with Crippen LogP contribution in [0.25, 0.3) is 0 Å². The molecule has 0 radical (unpaired) electrons. The number of carbonyl (C=O) groups excluding carboxylic acids is 1. The maximum Gasteiger partial charge on any atom is 0.225 e. The molecule has 92 valence electrons. The van der Waals surface area contributed by atoms with E-state index in [-0.39, 0.29) is 18.0 Å². The van der Waals surface area contributed by atoms with Gasteiger partial charge >= 0.3 is 0 Å². The van der Waals surface area contributed by atoms with Crippen molar-refractivity contribution in [2.24, 2.45) is 17.4 Å². The molecule has 1 heterocycles. The fourth-order valence-corrected chi connectivity index (χ4v) is 2.83. The first-order valence-electron chi connectivity index (χ1n) is 6.48. The third kappa shape index (κ3) is 2.55. The second kappa shape index (κ2) is 5.15. The average Bonchev–Trinajstić information content (AvgIpc) is 2.33. The monoisotopic (exact) mass is 225 g/mol. The van der Waals surface area contributed by atoms with Crippen LogP contribution in [0.4, 0.5) is 0 Å². The molecule has 4 heteroatoms. The van der Waals surface area contributed by atoms with Gasteiger partial charge < -0.3 is 16.4 Å². The Hall–Kier alpha value is -0.610. The lowest BCUT2D eigenvalue weighted by atomic mass is 9.82. The normalized spacial score (nSPS) is 36.1. The molecule has 3 atom stereocenters. The molecule has 1 unspecified atom stereocenters. The predicted molar refractivity (Wildman–Crippen MR) is 63.7 cm³/mol. The van der Waals surface area contributed by atoms with Crippen molar-refractivity contribution in [2.45, 2.75) is 50.6 Å². The second-order valence-corrected chi connectivity index (χ2v) is 5.22. The van der Waals surface area contributed by atoms with Crippen molar-refractivity contribution in [3.63, 3.8) is 0 Å². The molecule has 0 aromatic carbocycles. The number of amides is 1. The third-order valence-corrected chi connectivity index (χ3v) is 3.97. The van der Waals surface area contributed by atoms with E-state index in [2.05, 4.69) is 0 Å². The Morgan fingerprint density at radius 2 is 1.69 bits per heavy atom. The Labute approximate surface area is 97.3 Å². The first kappa shape index (κ1) is 11.9. The molecule has 16 heavy (non-hydrogen) atoms. The standard InChI is InChI=1S/C12H23N3O/c13-10-5-4-9(8-11(10)14)12(16)15-6-2-1-3-7-15/h9-11H,1-8,13-14H2/t9?,10-,11+/m0/s1. The van der Waals surface area contributed by atoms with Crippen molar-refractivity contribution in [3.05, 3.63) is 0 Å². The average molecular weight is 225 g/mol. The highest BCUT2D eigenvalue weighted by Crippen LogP contribution is 2.25. The van der Waals surface area contributed by atoms with Gasteiger partial charge in [-0.15, -0.1) is 0 Å². The summed E-state index contributed by atoms with van der Waals surface area (Å²) < 4.78 is 0. The Morgan fingerprint density at radius 3 is 2.31 bits per heavy atom. The highest BCUT2D eigenvalue weighted by molar-refractivity contribution is 5.79. The number of rotatable bonds is 1. The van der Waals surface area contributed by atoms with E-state index in [1.54, 1.807) is 0 Å². The fraction of sp³-hybridized carbons (Fsp3) is 0.917. The minimum absolute atomic E-state index is 0.00694. The molecule has 2 aliphatic rings. The molecule has 2 fully saturated rings. The zero-order valence-corrected chi connectivity index (χ0v) is 9.90. The Bertz CT molecular complexity index is 251. The summed E-state index contributed by atoms with van der Waals surface area (Å²) in [4.78, 5) is 14.3. The van der Waals surface area contributed by atoms with Crippen molar-refractivity contribution < 1.29 is 4.79 Å². The van der Waals surface area contributed by atoms with E-state index in [1.165, 1.54) is 6.42 Å². The lowest BCUT2D eigenvalue weighted by Crippen LogP contribution is -2.50. The lowest BCUT2D eigenvalue weighted by Gasteiger charge is -2.35. The maximum atomic E-state index is 12.2. The van der Waals surface area contributed by atoms with E-state index in [0.29, 0.717) is 5.91 Å². The van der Waals surface area contributed by atoms with Gasteiger partial charge in [0.1, 0.15) is 0 Å². The van der Waals surface area contributed by atoms with Crippen LogP contribution in [0, 0.1) is 5.92 Å². The van der Waals surface area contributed by atoms with Crippen LogP contribution in [0.1, 0.15) is 38.5 Å². The van der Waals surface area contributed by atoms with Crippen LogP contribution in [-0.4, -0.2) is 36.0 Å². The van der Waals surface area contributed by atoms with Crippen molar-refractivity contribution >= 4 is 5.91 Å².